The van der Waals surface area contributed by atoms with Crippen LogP contribution in [0.1, 0.15) is 5.56 Å². The van der Waals surface area contributed by atoms with E-state index >= 15 is 0 Å². The van der Waals surface area contributed by atoms with E-state index in [0.29, 0.717) is 10.9 Å². The lowest BCUT2D eigenvalue weighted by atomic mass is 10.0. The number of methoxy groups -OCH3 is 1. The predicted octanol–water partition coefficient (Wildman–Crippen LogP) is 5.12. The lowest BCUT2D eigenvalue weighted by Gasteiger charge is -2.29. The summed E-state index contributed by atoms with van der Waals surface area (Å²) in [6.45, 7) is 0.592. The van der Waals surface area contributed by atoms with E-state index in [1.54, 1.807) is 7.11 Å². The van der Waals surface area contributed by atoms with Crippen LogP contribution in [0, 0.1) is 0 Å². The van der Waals surface area contributed by atoms with Gasteiger partial charge in [0.05, 0.1) is 33.5 Å². The minimum Gasteiger partial charge on any atom is -0.497 e. The fourth-order valence-corrected chi connectivity index (χ4v) is 5.36. The van der Waals surface area contributed by atoms with Gasteiger partial charge < -0.3 is 4.74 Å². The topological polar surface area (TPSA) is 29.5 Å². The van der Waals surface area contributed by atoms with Crippen molar-refractivity contribution in [2.45, 2.75) is 11.4 Å². The minimum absolute atomic E-state index is 0.592. The average molecular weight is 376 g/mol. The van der Waals surface area contributed by atoms with Crippen LogP contribution in [0.3, 0.4) is 0 Å². The third-order valence-electron chi connectivity index (χ3n) is 3.99. The number of anilines is 1. The van der Waals surface area contributed by atoms with Gasteiger partial charge in [-0.2, -0.15) is 0 Å². The molecule has 2 aromatic carbocycles. The maximum atomic E-state index is 13.1. The molecule has 3 nitrogen and oxygen atoms in total. The highest BCUT2D eigenvalue weighted by atomic mass is 35.5. The van der Waals surface area contributed by atoms with Crippen LogP contribution in [0.4, 0.5) is 5.69 Å². The maximum absolute atomic E-state index is 13.1. The zero-order valence-corrected chi connectivity index (χ0v) is 15.3. The van der Waals surface area contributed by atoms with Gasteiger partial charge in [-0.3, -0.25) is 4.31 Å². The van der Waals surface area contributed by atoms with E-state index in [2.05, 4.69) is 12.1 Å². The quantitative estimate of drug-likeness (QED) is 0.635. The first kappa shape index (κ1) is 15.7. The molecule has 3 aromatic rings. The summed E-state index contributed by atoms with van der Waals surface area (Å²) >= 11 is 7.77. The molecule has 0 fully saturated rings. The molecule has 24 heavy (non-hydrogen) atoms. The molecule has 1 atom stereocenters. The van der Waals surface area contributed by atoms with E-state index in [1.165, 1.54) is 16.9 Å². The van der Waals surface area contributed by atoms with E-state index in [0.717, 1.165) is 26.8 Å². The molecule has 0 spiro atoms. The lowest BCUT2D eigenvalue weighted by molar-refractivity contribution is 0.414. The van der Waals surface area contributed by atoms with E-state index in [1.807, 2.05) is 46.8 Å². The van der Waals surface area contributed by atoms with Crippen molar-refractivity contribution in [1.82, 2.24) is 0 Å². The number of benzene rings is 2. The Bertz CT molecular complexity index is 921. The van der Waals surface area contributed by atoms with Crippen LogP contribution in [0.25, 0.3) is 10.4 Å². The van der Waals surface area contributed by atoms with Crippen LogP contribution < -0.4 is 9.04 Å². The molecule has 0 N–H and O–H groups in total. The number of rotatable bonds is 3. The van der Waals surface area contributed by atoms with Gasteiger partial charge in [-0.15, -0.1) is 11.3 Å². The third-order valence-corrected chi connectivity index (χ3v) is 6.68. The number of nitrogens with zero attached hydrogens (tertiary/aromatic N) is 1. The molecule has 2 heterocycles. The molecule has 1 aromatic heterocycles. The molecule has 1 aliphatic rings. The zero-order chi connectivity index (χ0) is 16.7. The first-order chi connectivity index (χ1) is 11.7. The molecule has 6 heteroatoms. The van der Waals surface area contributed by atoms with Crippen molar-refractivity contribution in [3.8, 4) is 16.2 Å². The van der Waals surface area contributed by atoms with Gasteiger partial charge in [0.2, 0.25) is 0 Å². The van der Waals surface area contributed by atoms with Crippen LogP contribution >= 0.6 is 22.9 Å². The van der Waals surface area contributed by atoms with Crippen LogP contribution in [0.5, 0.6) is 5.75 Å². The van der Waals surface area contributed by atoms with Gasteiger partial charge in [-0.05, 0) is 41.5 Å². The molecular formula is C18H14ClNO2S2. The van der Waals surface area contributed by atoms with Crippen LogP contribution in [0.15, 0.2) is 59.5 Å². The number of fused-ring (bicyclic) bond motifs is 3. The van der Waals surface area contributed by atoms with Gasteiger partial charge in [0.15, 0.2) is 11.0 Å². The predicted molar refractivity (Wildman–Crippen MR) is 100 cm³/mol. The van der Waals surface area contributed by atoms with Crippen molar-refractivity contribution in [1.29, 1.82) is 0 Å². The molecule has 0 radical (unpaired) electrons. The summed E-state index contributed by atoms with van der Waals surface area (Å²) < 4.78 is 20.9. The van der Waals surface area contributed by atoms with Crippen LogP contribution in [0.2, 0.25) is 4.34 Å². The Morgan fingerprint density at radius 1 is 1.17 bits per heavy atom. The van der Waals surface area contributed by atoms with Gasteiger partial charge in [-0.1, -0.05) is 35.9 Å². The Morgan fingerprint density at radius 2 is 1.92 bits per heavy atom. The van der Waals surface area contributed by atoms with E-state index in [4.69, 9.17) is 16.3 Å². The van der Waals surface area contributed by atoms with E-state index < -0.39 is 11.0 Å². The van der Waals surface area contributed by atoms with Crippen molar-refractivity contribution >= 4 is 39.6 Å². The summed E-state index contributed by atoms with van der Waals surface area (Å²) in [6.07, 6.45) is 0. The van der Waals surface area contributed by atoms with Gasteiger partial charge in [0.25, 0.3) is 0 Å². The van der Waals surface area contributed by atoms with Crippen molar-refractivity contribution in [3.05, 3.63) is 64.5 Å². The molecule has 1 aliphatic heterocycles. The van der Waals surface area contributed by atoms with Gasteiger partial charge in [0, 0.05) is 0 Å². The van der Waals surface area contributed by atoms with Gasteiger partial charge in [0.1, 0.15) is 5.75 Å². The van der Waals surface area contributed by atoms with Crippen LogP contribution in [-0.2, 0) is 17.5 Å². The second kappa shape index (κ2) is 6.24. The molecule has 0 saturated carbocycles. The first-order valence-corrected chi connectivity index (χ1v) is 9.68. The van der Waals surface area contributed by atoms with E-state index in [9.17, 15) is 4.21 Å². The minimum atomic E-state index is -1.31. The SMILES string of the molecule is COc1ccc(S(=O)N2Cc3ccccc3-c3sc(Cl)cc32)cc1. The standard InChI is InChI=1S/C18H14ClNO2S2/c1-22-13-6-8-14(9-7-13)24(21)20-11-12-4-2-3-5-15(12)18-16(20)10-17(19)23-18/h2-10H,11H2,1H3. The van der Waals surface area contributed by atoms with Crippen molar-refractivity contribution in [2.24, 2.45) is 0 Å². The Morgan fingerprint density at radius 3 is 2.67 bits per heavy atom. The van der Waals surface area contributed by atoms with Gasteiger partial charge >= 0.3 is 0 Å². The highest BCUT2D eigenvalue weighted by molar-refractivity contribution is 7.86. The molecule has 0 aliphatic carbocycles. The Kier molecular flexibility index (Phi) is 4.08. The van der Waals surface area contributed by atoms with Crippen molar-refractivity contribution in [2.75, 3.05) is 11.4 Å². The highest BCUT2D eigenvalue weighted by Gasteiger charge is 2.28. The fraction of sp³-hybridized carbons (Fsp3) is 0.111. The molecule has 0 amide bonds. The highest BCUT2D eigenvalue weighted by Crippen LogP contribution is 2.47. The summed E-state index contributed by atoms with van der Waals surface area (Å²) in [4.78, 5) is 1.81. The number of thiophene rings is 1. The molecule has 0 bridgehead atoms. The van der Waals surface area contributed by atoms with Crippen LogP contribution in [-0.4, -0.2) is 11.3 Å². The Hall–Kier alpha value is -1.82. The molecular weight excluding hydrogens is 362 g/mol. The van der Waals surface area contributed by atoms with Crippen molar-refractivity contribution < 1.29 is 8.95 Å². The fourth-order valence-electron chi connectivity index (χ4n) is 2.82. The average Bonchev–Trinajstić information content (AvgIpc) is 3.02. The molecule has 0 saturated heterocycles. The number of ether oxygens (including phenoxy) is 1. The zero-order valence-electron chi connectivity index (χ0n) is 12.9. The normalized spacial score (nSPS) is 14.0. The summed E-state index contributed by atoms with van der Waals surface area (Å²) in [7, 11) is 0.309. The Labute approximate surface area is 152 Å². The summed E-state index contributed by atoms with van der Waals surface area (Å²) in [5.41, 5.74) is 3.26. The number of hydrogen-bond acceptors (Lipinski definition) is 3. The number of halogens is 1. The summed E-state index contributed by atoms with van der Waals surface area (Å²) in [5.74, 6) is 0.749. The molecule has 1 unspecified atom stereocenters. The number of hydrogen-bond donors (Lipinski definition) is 0. The van der Waals surface area contributed by atoms with Gasteiger partial charge in [-0.25, -0.2) is 4.21 Å². The summed E-state index contributed by atoms with van der Waals surface area (Å²) in [6, 6.07) is 17.4. The second-order valence-corrected chi connectivity index (χ2v) is 8.48. The molecule has 4 rings (SSSR count). The van der Waals surface area contributed by atoms with Crippen molar-refractivity contribution in [3.63, 3.8) is 0 Å². The first-order valence-electron chi connectivity index (χ1n) is 7.38. The van der Waals surface area contributed by atoms with E-state index in [-0.39, 0.29) is 0 Å². The molecule has 122 valence electrons. The second-order valence-electron chi connectivity index (χ2n) is 5.38. The monoisotopic (exact) mass is 375 g/mol. The summed E-state index contributed by atoms with van der Waals surface area (Å²) in [5, 5.41) is 0. The maximum Gasteiger partial charge on any atom is 0.153 e. The third kappa shape index (κ3) is 2.62. The Balaban J connectivity index is 1.77. The lowest BCUT2D eigenvalue weighted by Crippen LogP contribution is -2.27. The largest absolute Gasteiger partial charge is 0.497 e. The smallest absolute Gasteiger partial charge is 0.153 e.